The molecule has 0 N–H and O–H groups in total. The molecule has 4 nitrogen and oxygen atoms in total. The summed E-state index contributed by atoms with van der Waals surface area (Å²) in [6.07, 6.45) is 0. The average Bonchev–Trinajstić information content (AvgIpc) is 3.97. The van der Waals surface area contributed by atoms with Gasteiger partial charge in [-0.15, -0.1) is 0 Å². The van der Waals surface area contributed by atoms with E-state index in [1.807, 2.05) is 12.1 Å². The van der Waals surface area contributed by atoms with Gasteiger partial charge in [-0.25, -0.2) is 0 Å². The van der Waals surface area contributed by atoms with E-state index in [1.54, 1.807) is 0 Å². The molecule has 318 valence electrons. The van der Waals surface area contributed by atoms with Gasteiger partial charge in [-0.2, -0.15) is 0 Å². The summed E-state index contributed by atoms with van der Waals surface area (Å²) in [6.45, 7) is 0. The van der Waals surface area contributed by atoms with E-state index in [1.165, 1.54) is 16.5 Å². The number of benzene rings is 11. The molecule has 68 heavy (non-hydrogen) atoms. The topological polar surface area (TPSA) is 30.5 Å². The van der Waals surface area contributed by atoms with E-state index in [0.717, 1.165) is 117 Å². The fourth-order valence-corrected chi connectivity index (χ4v) is 10.7. The molecule has 4 heteroatoms. The van der Waals surface area contributed by atoms with Gasteiger partial charge in [-0.1, -0.05) is 170 Å². The molecule has 0 atom stereocenters. The third-order valence-electron chi connectivity index (χ3n) is 13.8. The molecule has 0 amide bonds. The van der Waals surface area contributed by atoms with E-state index in [9.17, 15) is 0 Å². The van der Waals surface area contributed by atoms with Crippen LogP contribution in [-0.4, -0.2) is 4.57 Å². The number of para-hydroxylation sites is 4. The van der Waals surface area contributed by atoms with Crippen molar-refractivity contribution in [2.45, 2.75) is 0 Å². The minimum absolute atomic E-state index is 0.858. The van der Waals surface area contributed by atoms with Gasteiger partial charge in [0.05, 0.1) is 22.4 Å². The first-order valence-electron chi connectivity index (χ1n) is 23.2. The van der Waals surface area contributed by atoms with Crippen LogP contribution in [0.2, 0.25) is 0 Å². The molecule has 0 saturated carbocycles. The van der Waals surface area contributed by atoms with Gasteiger partial charge >= 0.3 is 0 Å². The van der Waals surface area contributed by atoms with Gasteiger partial charge in [0.1, 0.15) is 11.2 Å². The summed E-state index contributed by atoms with van der Waals surface area (Å²) < 4.78 is 15.5. The monoisotopic (exact) mass is 868 g/mol. The Morgan fingerprint density at radius 2 is 1.04 bits per heavy atom. The lowest BCUT2D eigenvalue weighted by Crippen LogP contribution is -2.11. The number of hydrogen-bond donors (Lipinski definition) is 0. The van der Waals surface area contributed by atoms with Gasteiger partial charge in [0.15, 0.2) is 11.5 Å². The van der Waals surface area contributed by atoms with E-state index in [0.29, 0.717) is 0 Å². The van der Waals surface area contributed by atoms with Gasteiger partial charge in [0.2, 0.25) is 0 Å². The first kappa shape index (κ1) is 38.2. The van der Waals surface area contributed by atoms with Crippen molar-refractivity contribution in [1.29, 1.82) is 0 Å². The summed E-state index contributed by atoms with van der Waals surface area (Å²) in [5.74, 6) is 1.72. The number of nitrogens with zero attached hydrogens (tertiary/aromatic N) is 2. The molecule has 1 aliphatic rings. The number of furan rings is 1. The zero-order valence-electron chi connectivity index (χ0n) is 36.8. The highest BCUT2D eigenvalue weighted by molar-refractivity contribution is 6.19. The maximum absolute atomic E-state index is 6.69. The Morgan fingerprint density at radius 3 is 1.94 bits per heavy atom. The van der Waals surface area contributed by atoms with Crippen LogP contribution >= 0.6 is 0 Å². The van der Waals surface area contributed by atoms with Crippen molar-refractivity contribution in [3.63, 3.8) is 0 Å². The van der Waals surface area contributed by atoms with Crippen LogP contribution in [0.4, 0.5) is 17.1 Å². The third kappa shape index (κ3) is 5.94. The fourth-order valence-electron chi connectivity index (χ4n) is 10.7. The highest BCUT2D eigenvalue weighted by atomic mass is 16.5. The quantitative estimate of drug-likeness (QED) is 0.160. The van der Waals surface area contributed by atoms with Crippen LogP contribution < -0.4 is 9.64 Å². The predicted octanol–water partition coefficient (Wildman–Crippen LogP) is 18.1. The van der Waals surface area contributed by atoms with E-state index >= 15 is 0 Å². The van der Waals surface area contributed by atoms with Crippen LogP contribution in [0.5, 0.6) is 11.5 Å². The summed E-state index contributed by atoms with van der Waals surface area (Å²) >= 11 is 0. The van der Waals surface area contributed by atoms with Crippen LogP contribution in [0, 0.1) is 0 Å². The van der Waals surface area contributed by atoms with Crippen molar-refractivity contribution < 1.29 is 9.15 Å². The molecule has 13 aromatic rings. The second kappa shape index (κ2) is 15.2. The molecule has 1 aliphatic heterocycles. The van der Waals surface area contributed by atoms with Gasteiger partial charge < -0.3 is 18.6 Å². The van der Waals surface area contributed by atoms with Crippen molar-refractivity contribution in [2.24, 2.45) is 0 Å². The molecule has 3 heterocycles. The second-order valence-electron chi connectivity index (χ2n) is 17.6. The SMILES string of the molecule is c1ccc(-c2ccc(N(c3cccc(-c4cccc5oc6c7ccccc7ccc6c45)c3)c3ccccc3-c3ccc4c(c3)c3cccc5c3n4-c3ccccc3O5)cc2-c2ccccc2)cc1. The summed E-state index contributed by atoms with van der Waals surface area (Å²) in [7, 11) is 0. The van der Waals surface area contributed by atoms with Crippen molar-refractivity contribution in [2.75, 3.05) is 4.90 Å². The molecular formula is C64H40N2O2. The Morgan fingerprint density at radius 1 is 0.368 bits per heavy atom. The van der Waals surface area contributed by atoms with Crippen molar-refractivity contribution in [3.8, 4) is 61.7 Å². The molecular weight excluding hydrogens is 829 g/mol. The second-order valence-corrected chi connectivity index (χ2v) is 17.6. The fraction of sp³-hybridized carbons (Fsp3) is 0. The van der Waals surface area contributed by atoms with Crippen LogP contribution in [0.25, 0.3) is 105 Å². The molecule has 0 radical (unpaired) electrons. The standard InChI is InChI=1S/C64H40N2O2/c1-3-16-41(17-4-1)48-36-34-47(40-54(48)42-18-5-2-6-19-42)65(46-22-13-21-44(38-46)50-25-14-30-60-62(50)53-35-32-43-20-7-8-24-51(43)64(53)68-60)56-27-10-9-23-49(56)45-33-37-57-55(39-45)52-26-15-31-61-63(52)66(57)58-28-11-12-29-59(58)67-61/h1-40H. The largest absolute Gasteiger partial charge is 0.455 e. The first-order chi connectivity index (χ1) is 33.7. The molecule has 0 saturated heterocycles. The highest BCUT2D eigenvalue weighted by Crippen LogP contribution is 2.49. The Balaban J connectivity index is 0.994. The minimum Gasteiger partial charge on any atom is -0.455 e. The lowest BCUT2D eigenvalue weighted by Gasteiger charge is -2.29. The number of rotatable bonds is 7. The number of anilines is 3. The molecule has 14 rings (SSSR count). The smallest absolute Gasteiger partial charge is 0.152 e. The number of hydrogen-bond acceptors (Lipinski definition) is 3. The Bertz CT molecular complexity index is 4130. The van der Waals surface area contributed by atoms with Crippen LogP contribution in [0.3, 0.4) is 0 Å². The number of aromatic nitrogens is 1. The van der Waals surface area contributed by atoms with Gasteiger partial charge in [-0.3, -0.25) is 0 Å². The van der Waals surface area contributed by atoms with Crippen molar-refractivity contribution in [3.05, 3.63) is 243 Å². The third-order valence-corrected chi connectivity index (χ3v) is 13.8. The van der Waals surface area contributed by atoms with Gasteiger partial charge in [-0.05, 0) is 117 Å². The van der Waals surface area contributed by atoms with Crippen LogP contribution in [0.15, 0.2) is 247 Å². The normalized spacial score (nSPS) is 11.9. The van der Waals surface area contributed by atoms with E-state index in [2.05, 4.69) is 240 Å². The molecule has 0 unspecified atom stereocenters. The zero-order chi connectivity index (χ0) is 44.7. The summed E-state index contributed by atoms with van der Waals surface area (Å²) in [5, 5.41) is 6.84. The maximum Gasteiger partial charge on any atom is 0.152 e. The average molecular weight is 869 g/mol. The Labute approximate surface area is 392 Å². The van der Waals surface area contributed by atoms with E-state index in [4.69, 9.17) is 9.15 Å². The maximum atomic E-state index is 6.69. The Kier molecular flexibility index (Phi) is 8.55. The van der Waals surface area contributed by atoms with Crippen molar-refractivity contribution in [1.82, 2.24) is 4.57 Å². The summed E-state index contributed by atoms with van der Waals surface area (Å²) in [5.41, 5.74) is 17.4. The molecule has 0 fully saturated rings. The molecule has 2 aromatic heterocycles. The minimum atomic E-state index is 0.858. The van der Waals surface area contributed by atoms with E-state index < -0.39 is 0 Å². The molecule has 11 aromatic carbocycles. The van der Waals surface area contributed by atoms with E-state index in [-0.39, 0.29) is 0 Å². The van der Waals surface area contributed by atoms with Crippen LogP contribution in [0.1, 0.15) is 0 Å². The van der Waals surface area contributed by atoms with Gasteiger partial charge in [0, 0.05) is 43.9 Å². The highest BCUT2D eigenvalue weighted by Gasteiger charge is 2.25. The zero-order valence-corrected chi connectivity index (χ0v) is 36.8. The molecule has 0 spiro atoms. The van der Waals surface area contributed by atoms with Gasteiger partial charge in [0.25, 0.3) is 0 Å². The first-order valence-corrected chi connectivity index (χ1v) is 23.2. The van der Waals surface area contributed by atoms with Crippen molar-refractivity contribution >= 4 is 71.6 Å². The Hall–Kier alpha value is -9.12. The lowest BCUT2D eigenvalue weighted by molar-refractivity contribution is 0.476. The molecule has 0 aliphatic carbocycles. The summed E-state index contributed by atoms with van der Waals surface area (Å²) in [4.78, 5) is 2.44. The molecule has 0 bridgehead atoms. The predicted molar refractivity (Wildman–Crippen MR) is 282 cm³/mol. The number of fused-ring (bicyclic) bond motifs is 10. The van der Waals surface area contributed by atoms with Crippen LogP contribution in [-0.2, 0) is 0 Å². The number of ether oxygens (including phenoxy) is 1. The lowest BCUT2D eigenvalue weighted by atomic mass is 9.93. The summed E-state index contributed by atoms with van der Waals surface area (Å²) in [6, 6.07) is 87.1.